The van der Waals surface area contributed by atoms with Crippen molar-refractivity contribution in [1.82, 2.24) is 54.2 Å². The van der Waals surface area contributed by atoms with E-state index >= 15 is 0 Å². The van der Waals surface area contributed by atoms with E-state index in [2.05, 4.69) is 242 Å². The fraction of sp³-hybridized carbons (Fsp3) is 0.394. The summed E-state index contributed by atoms with van der Waals surface area (Å²) in [7, 11) is 3.86. The zero-order valence-corrected chi connectivity index (χ0v) is 80.7. The molecule has 23 heteroatoms. The van der Waals surface area contributed by atoms with E-state index in [1.807, 2.05) is 197 Å². The first kappa shape index (κ1) is 109. The number of nitrogens with two attached hydrogens (primary N) is 1. The van der Waals surface area contributed by atoms with Gasteiger partial charge in [0, 0.05) is 97.4 Å². The molecule has 0 radical (unpaired) electrons. The molecule has 13 rings (SSSR count). The van der Waals surface area contributed by atoms with Crippen LogP contribution in [0.1, 0.15) is 315 Å². The van der Waals surface area contributed by atoms with Crippen molar-refractivity contribution < 1.29 is 22.0 Å². The highest BCUT2D eigenvalue weighted by Gasteiger charge is 2.32. The summed E-state index contributed by atoms with van der Waals surface area (Å²) >= 11 is 22.1. The number of aromatic nitrogens is 11. The van der Waals surface area contributed by atoms with Gasteiger partial charge >= 0.3 is 6.18 Å². The van der Waals surface area contributed by atoms with Gasteiger partial charge in [-0.3, -0.25) is 24.6 Å². The number of thiazole rings is 1. The second-order valence-corrected chi connectivity index (χ2v) is 35.0. The monoisotopic (exact) mass is 1810 g/mol. The Balaban J connectivity index is 0.000000452. The molecule has 0 amide bonds. The van der Waals surface area contributed by atoms with Gasteiger partial charge in [-0.25, -0.2) is 19.9 Å². The van der Waals surface area contributed by atoms with Crippen molar-refractivity contribution in [3.8, 4) is 6.07 Å². The highest BCUT2D eigenvalue weighted by Crippen LogP contribution is 2.30. The maximum absolute atomic E-state index is 12.4. The van der Waals surface area contributed by atoms with Gasteiger partial charge in [-0.1, -0.05) is 231 Å². The van der Waals surface area contributed by atoms with E-state index in [0.717, 1.165) is 44.5 Å². The zero-order valence-electron chi connectivity index (χ0n) is 76.1. The summed E-state index contributed by atoms with van der Waals surface area (Å²) in [5, 5.41) is 15.5. The summed E-state index contributed by atoms with van der Waals surface area (Å²) < 4.78 is 58.7. The zero-order chi connectivity index (χ0) is 91.9. The molecule has 13 aromatic rings. The second-order valence-electron chi connectivity index (χ2n) is 32.2. The first-order valence-corrected chi connectivity index (χ1v) is 43.9. The van der Waals surface area contributed by atoms with Gasteiger partial charge in [-0.05, 0) is 252 Å². The van der Waals surface area contributed by atoms with Gasteiger partial charge in [0.2, 0.25) is 5.95 Å². The SMILES string of the molecule is CC(C)c1cc(Cl)nc(Cl)c1.CC(C)c1ccc(C#N)n1C.CC(C)c1ccc(N)cc1.CC(C)c1ccco1.CC(C)c1ccnc(Br)c1.CC(C)c1ccnc(C(F)(F)F)c1.CC(C)c1ccnc(Cl)c1.CC(C)c1ccnc(F)c1.CC(C)c1ccnc2ccccc12.CC(C)c1ccncc1.CC(C)c1cncs1.CC(C)c1cnn(C)c1. The van der Waals surface area contributed by atoms with Crippen molar-refractivity contribution in [1.29, 1.82) is 5.26 Å². The number of fused-ring (bicyclic) bond motifs is 1. The lowest BCUT2D eigenvalue weighted by Gasteiger charge is -2.09. The van der Waals surface area contributed by atoms with Gasteiger partial charge in [0.15, 0.2) is 0 Å². The largest absolute Gasteiger partial charge is 0.469 e. The van der Waals surface area contributed by atoms with Crippen LogP contribution in [0.15, 0.2) is 234 Å². The molecule has 0 saturated carbocycles. The van der Waals surface area contributed by atoms with Crippen LogP contribution in [0.2, 0.25) is 15.5 Å². The second kappa shape index (κ2) is 57.8. The Labute approximate surface area is 753 Å². The molecule has 0 bridgehead atoms. The summed E-state index contributed by atoms with van der Waals surface area (Å²) in [6.07, 6.45) is 15.0. The van der Waals surface area contributed by atoms with E-state index in [9.17, 15) is 17.6 Å². The van der Waals surface area contributed by atoms with E-state index in [1.165, 1.54) is 67.8 Å². The molecule has 0 aliphatic carbocycles. The summed E-state index contributed by atoms with van der Waals surface area (Å²) in [6, 6.07) is 50.0. The summed E-state index contributed by atoms with van der Waals surface area (Å²) in [6.45, 7) is 50.8. The average Bonchev–Trinajstić information content (AvgIpc) is 1.23. The number of anilines is 1. The molecule has 122 heavy (non-hydrogen) atoms. The van der Waals surface area contributed by atoms with Crippen molar-refractivity contribution in [2.75, 3.05) is 5.73 Å². The van der Waals surface area contributed by atoms with Crippen molar-refractivity contribution in [3.05, 3.63) is 329 Å². The van der Waals surface area contributed by atoms with Gasteiger partial charge in [-0.15, -0.1) is 11.3 Å². The number of pyridine rings is 7. The van der Waals surface area contributed by atoms with Crippen LogP contribution in [0, 0.1) is 17.3 Å². The summed E-state index contributed by atoms with van der Waals surface area (Å²) in [4.78, 5) is 32.1. The number of rotatable bonds is 12. The fourth-order valence-electron chi connectivity index (χ4n) is 10.4. The lowest BCUT2D eigenvalue weighted by Crippen LogP contribution is -2.08. The molecule has 0 saturated heterocycles. The van der Waals surface area contributed by atoms with Crippen LogP contribution < -0.4 is 5.73 Å². The first-order chi connectivity index (χ1) is 57.4. The van der Waals surface area contributed by atoms with Gasteiger partial charge in [0.1, 0.15) is 43.3 Å². The first-order valence-electron chi connectivity index (χ1n) is 41.1. The number of hydrogen-bond donors (Lipinski definition) is 1. The van der Waals surface area contributed by atoms with Gasteiger partial charge in [0.05, 0.1) is 23.5 Å². The Morgan fingerprint density at radius 3 is 1.30 bits per heavy atom. The smallest absolute Gasteiger partial charge is 0.433 e. The van der Waals surface area contributed by atoms with E-state index in [0.29, 0.717) is 86.1 Å². The van der Waals surface area contributed by atoms with Crippen LogP contribution in [0.5, 0.6) is 0 Å². The molecule has 0 unspecified atom stereocenters. The molecule has 0 spiro atoms. The topological polar surface area (TPSA) is 189 Å². The minimum Gasteiger partial charge on any atom is -0.469 e. The van der Waals surface area contributed by atoms with E-state index in [4.69, 9.17) is 50.2 Å². The lowest BCUT2D eigenvalue weighted by atomic mass is 9.99. The van der Waals surface area contributed by atoms with E-state index < -0.39 is 17.8 Å². The molecule has 0 fully saturated rings. The standard InChI is InChI=1S/C12H13N.C9H10F3N.C9H12N2.C9H13N.C8H10BrN.C8H9Cl2N.C8H10ClN.C8H10FN.C8H11N.C7H12N2.C7H10O.C6H9NS/c1-9(2)10-7-8-13-12-6-4-3-5-11(10)12;1-6(2)7-3-4-13-8(5-7)9(10,11)12;1-7(2)9-5-4-8(6-10)11(9)3;1-7(2)8-3-5-9(10)6-4-8;1-6(2)7-3-4-10-8(9)5-7;1-5(2)6-3-7(9)11-8(10)4-6;2*1-6(2)7-3-4-10-8(9)5-7;1-7(2)8-3-5-9-6-4-8;1-6(2)7-4-8-9(3)5-7;1-6(2)7-4-3-5-8-7;1-5(2)6-3-7-4-8-6/h3-9H,1-2H3;3-6H,1-2H3;4-5,7H,1-3H3;3-7H,10H2,1-2H3;3-6H,1-2H3;3-5H,1-2H3;2*3-6H,1-2H3;3-7H,1-2H3;4-6H,1-3H3;3-6H,1-2H3;3-5H,1-2H3. The predicted molar refractivity (Wildman–Crippen MR) is 509 cm³/mol. The van der Waals surface area contributed by atoms with Gasteiger partial charge < -0.3 is 14.7 Å². The average molecular weight is 1810 g/mol. The predicted octanol–water partition coefficient (Wildman–Crippen LogP) is 31.1. The third kappa shape index (κ3) is 44.0. The Morgan fingerprint density at radius 2 is 0.934 bits per heavy atom. The maximum Gasteiger partial charge on any atom is 0.433 e. The number of aryl methyl sites for hydroxylation is 1. The third-order valence-corrected chi connectivity index (χ3v) is 20.2. The minimum atomic E-state index is -4.34. The highest BCUT2D eigenvalue weighted by molar-refractivity contribution is 9.10. The number of nitrogen functional groups attached to an aromatic ring is 1. The molecule has 11 heterocycles. The number of benzene rings is 2. The van der Waals surface area contributed by atoms with Crippen LogP contribution in [0.25, 0.3) is 10.9 Å². The number of hydrogen-bond acceptors (Lipinski definition) is 13. The number of nitriles is 1. The van der Waals surface area contributed by atoms with Crippen molar-refractivity contribution >= 4 is 78.7 Å². The van der Waals surface area contributed by atoms with Crippen LogP contribution in [0.3, 0.4) is 0 Å². The maximum atomic E-state index is 12.4. The van der Waals surface area contributed by atoms with Crippen molar-refractivity contribution in [3.63, 3.8) is 0 Å². The van der Waals surface area contributed by atoms with Crippen molar-refractivity contribution in [2.45, 2.75) is 243 Å². The molecule has 14 nitrogen and oxygen atoms in total. The Bertz CT molecular complexity index is 4820. The number of halogens is 8. The normalized spacial score (nSPS) is 10.6. The number of furan rings is 1. The number of alkyl halides is 3. The number of para-hydroxylation sites is 1. The highest BCUT2D eigenvalue weighted by atomic mass is 79.9. The molecular weight excluding hydrogens is 1680 g/mol. The Hall–Kier alpha value is -9.49. The lowest BCUT2D eigenvalue weighted by molar-refractivity contribution is -0.141. The molecule has 658 valence electrons. The molecule has 0 aliphatic heterocycles. The Kier molecular flexibility index (Phi) is 51.4. The minimum absolute atomic E-state index is 0.0871. The molecular formula is C99H129BrCl3F4N13OS. The van der Waals surface area contributed by atoms with Gasteiger partial charge in [0.25, 0.3) is 0 Å². The third-order valence-electron chi connectivity index (χ3n) is 18.1. The fourth-order valence-corrected chi connectivity index (χ4v) is 12.1. The Morgan fingerprint density at radius 1 is 0.451 bits per heavy atom. The molecule has 11 aromatic heterocycles. The van der Waals surface area contributed by atoms with E-state index in [1.54, 1.807) is 29.9 Å². The molecule has 2 aromatic carbocycles. The van der Waals surface area contributed by atoms with E-state index in [-0.39, 0.29) is 5.92 Å². The van der Waals surface area contributed by atoms with Gasteiger partial charge in [-0.2, -0.15) is 27.9 Å². The van der Waals surface area contributed by atoms with Crippen molar-refractivity contribution in [2.24, 2.45) is 14.1 Å². The molecule has 0 aliphatic rings. The molecule has 0 atom stereocenters. The number of nitrogens with zero attached hydrogens (tertiary/aromatic N) is 12. The summed E-state index contributed by atoms with van der Waals surface area (Å²) in [5.74, 6) is 6.69. The summed E-state index contributed by atoms with van der Waals surface area (Å²) in [5.41, 5.74) is 21.1. The van der Waals surface area contributed by atoms with Crippen LogP contribution in [0.4, 0.5) is 23.2 Å². The molecule has 2 N–H and O–H groups in total. The quantitative estimate of drug-likeness (QED) is 0.0693. The van der Waals surface area contributed by atoms with Crippen LogP contribution in [-0.4, -0.2) is 54.2 Å². The van der Waals surface area contributed by atoms with Crippen LogP contribution >= 0.6 is 62.1 Å². The van der Waals surface area contributed by atoms with Crippen LogP contribution in [-0.2, 0) is 20.3 Å².